The molecular weight excluding hydrogens is 193 g/mol. The van der Waals surface area contributed by atoms with Gasteiger partial charge in [0.15, 0.2) is 0 Å². The van der Waals surface area contributed by atoms with Gasteiger partial charge in [0.2, 0.25) is 0 Å². The average Bonchev–Trinajstić information content (AvgIpc) is 2.15. The molecule has 0 radical (unpaired) electrons. The molecule has 0 atom stereocenters. The summed E-state index contributed by atoms with van der Waals surface area (Å²) in [5, 5.41) is 0. The van der Waals surface area contributed by atoms with Crippen molar-refractivity contribution in [2.24, 2.45) is 0 Å². The first-order chi connectivity index (χ1) is 6.45. The van der Waals surface area contributed by atoms with Crippen molar-refractivity contribution in [2.45, 2.75) is 13.1 Å². The fourth-order valence-electron chi connectivity index (χ4n) is 0.962. The molecule has 0 bridgehead atoms. The first-order valence-electron chi connectivity index (χ1n) is 4.19. The number of hydrogen-bond acceptors (Lipinski definition) is 2. The number of halogens is 3. The van der Waals surface area contributed by atoms with E-state index in [4.69, 9.17) is 0 Å². The van der Waals surface area contributed by atoms with E-state index in [2.05, 4.69) is 4.98 Å². The summed E-state index contributed by atoms with van der Waals surface area (Å²) in [4.78, 5) is 5.16. The summed E-state index contributed by atoms with van der Waals surface area (Å²) in [5.41, 5.74) is -0.175. The molecule has 0 unspecified atom stereocenters. The zero-order valence-corrected chi connectivity index (χ0v) is 7.97. The zero-order chi connectivity index (χ0) is 10.8. The van der Waals surface area contributed by atoms with E-state index in [1.54, 1.807) is 7.05 Å². The van der Waals surface area contributed by atoms with Crippen LogP contribution in [0.4, 0.5) is 18.9 Å². The van der Waals surface area contributed by atoms with E-state index in [1.807, 2.05) is 11.8 Å². The molecule has 0 aromatic carbocycles. The molecule has 1 aromatic rings. The lowest BCUT2D eigenvalue weighted by molar-refractivity contribution is -0.141. The van der Waals surface area contributed by atoms with Gasteiger partial charge in [0.25, 0.3) is 0 Å². The van der Waals surface area contributed by atoms with Crippen LogP contribution in [0.15, 0.2) is 18.3 Å². The molecule has 0 aliphatic heterocycles. The standard InChI is InChI=1S/C9H11F3N2/c1-3-14(2)7-4-5-8(13-6-7)9(10,11)12/h4-6H,3H2,1-2H3. The Hall–Kier alpha value is -1.26. The fourth-order valence-corrected chi connectivity index (χ4v) is 0.962. The second-order valence-corrected chi connectivity index (χ2v) is 2.91. The summed E-state index contributed by atoms with van der Waals surface area (Å²) in [5.74, 6) is 0. The number of hydrogen-bond donors (Lipinski definition) is 0. The Balaban J connectivity index is 2.89. The molecule has 5 heteroatoms. The van der Waals surface area contributed by atoms with Crippen molar-refractivity contribution in [3.05, 3.63) is 24.0 Å². The van der Waals surface area contributed by atoms with E-state index >= 15 is 0 Å². The van der Waals surface area contributed by atoms with Gasteiger partial charge in [0.1, 0.15) is 5.69 Å². The second kappa shape index (κ2) is 3.86. The van der Waals surface area contributed by atoms with Crippen molar-refractivity contribution >= 4 is 5.69 Å². The molecule has 0 amide bonds. The summed E-state index contributed by atoms with van der Waals surface area (Å²) in [6.07, 6.45) is -3.13. The maximum absolute atomic E-state index is 12.1. The van der Waals surface area contributed by atoms with Gasteiger partial charge >= 0.3 is 6.18 Å². The smallest absolute Gasteiger partial charge is 0.374 e. The fraction of sp³-hybridized carbons (Fsp3) is 0.444. The topological polar surface area (TPSA) is 16.1 Å². The van der Waals surface area contributed by atoms with E-state index in [0.717, 1.165) is 12.6 Å². The Morgan fingerprint density at radius 2 is 2.00 bits per heavy atom. The van der Waals surface area contributed by atoms with Crippen LogP contribution in [-0.4, -0.2) is 18.6 Å². The first-order valence-corrected chi connectivity index (χ1v) is 4.19. The van der Waals surface area contributed by atoms with Crippen molar-refractivity contribution in [3.8, 4) is 0 Å². The third kappa shape index (κ3) is 2.37. The molecule has 0 spiro atoms. The lowest BCUT2D eigenvalue weighted by Crippen LogP contribution is -2.16. The number of pyridine rings is 1. The monoisotopic (exact) mass is 204 g/mol. The summed E-state index contributed by atoms with van der Waals surface area (Å²) in [7, 11) is 1.80. The van der Waals surface area contributed by atoms with Crippen molar-refractivity contribution in [1.29, 1.82) is 0 Å². The predicted octanol–water partition coefficient (Wildman–Crippen LogP) is 2.56. The SMILES string of the molecule is CCN(C)c1ccc(C(F)(F)F)nc1. The van der Waals surface area contributed by atoms with Gasteiger partial charge < -0.3 is 4.90 Å². The van der Waals surface area contributed by atoms with Gasteiger partial charge in [-0.15, -0.1) is 0 Å². The van der Waals surface area contributed by atoms with Crippen LogP contribution < -0.4 is 4.90 Å². The highest BCUT2D eigenvalue weighted by molar-refractivity contribution is 5.43. The van der Waals surface area contributed by atoms with E-state index in [1.165, 1.54) is 12.3 Å². The third-order valence-corrected chi connectivity index (χ3v) is 1.95. The van der Waals surface area contributed by atoms with Crippen molar-refractivity contribution < 1.29 is 13.2 Å². The largest absolute Gasteiger partial charge is 0.433 e. The molecular formula is C9H11F3N2. The number of nitrogens with zero attached hydrogens (tertiary/aromatic N) is 2. The molecule has 14 heavy (non-hydrogen) atoms. The highest BCUT2D eigenvalue weighted by Crippen LogP contribution is 2.28. The maximum atomic E-state index is 12.1. The summed E-state index contributed by atoms with van der Waals surface area (Å²) >= 11 is 0. The van der Waals surface area contributed by atoms with E-state index in [-0.39, 0.29) is 0 Å². The third-order valence-electron chi connectivity index (χ3n) is 1.95. The first kappa shape index (κ1) is 10.8. The van der Waals surface area contributed by atoms with E-state index in [0.29, 0.717) is 5.69 Å². The minimum absolute atomic E-state index is 0.681. The molecule has 0 saturated carbocycles. The lowest BCUT2D eigenvalue weighted by Gasteiger charge is -2.16. The number of alkyl halides is 3. The normalized spacial score (nSPS) is 11.5. The number of rotatable bonds is 2. The van der Waals surface area contributed by atoms with Crippen LogP contribution in [0.5, 0.6) is 0 Å². The van der Waals surface area contributed by atoms with Crippen LogP contribution >= 0.6 is 0 Å². The Labute approximate surface area is 80.4 Å². The van der Waals surface area contributed by atoms with Gasteiger partial charge in [-0.05, 0) is 19.1 Å². The van der Waals surface area contributed by atoms with Crippen LogP contribution in [0.2, 0.25) is 0 Å². The van der Waals surface area contributed by atoms with Crippen LogP contribution in [-0.2, 0) is 6.18 Å². The predicted molar refractivity (Wildman–Crippen MR) is 48.2 cm³/mol. The molecule has 1 rings (SSSR count). The molecule has 0 aliphatic carbocycles. The van der Waals surface area contributed by atoms with Gasteiger partial charge in [-0.1, -0.05) is 0 Å². The van der Waals surface area contributed by atoms with Crippen LogP contribution in [0.3, 0.4) is 0 Å². The molecule has 0 saturated heterocycles. The number of aromatic nitrogens is 1. The van der Waals surface area contributed by atoms with Crippen molar-refractivity contribution in [3.63, 3.8) is 0 Å². The van der Waals surface area contributed by atoms with E-state index in [9.17, 15) is 13.2 Å². The minimum atomic E-state index is -4.36. The van der Waals surface area contributed by atoms with Crippen LogP contribution in [0.25, 0.3) is 0 Å². The van der Waals surface area contributed by atoms with Gasteiger partial charge in [0, 0.05) is 13.6 Å². The molecule has 0 aliphatic rings. The highest BCUT2D eigenvalue weighted by atomic mass is 19.4. The zero-order valence-electron chi connectivity index (χ0n) is 7.97. The van der Waals surface area contributed by atoms with Crippen molar-refractivity contribution in [1.82, 2.24) is 4.98 Å². The molecule has 0 fully saturated rings. The van der Waals surface area contributed by atoms with Gasteiger partial charge in [0.05, 0.1) is 11.9 Å². The summed E-state index contributed by atoms with van der Waals surface area (Å²) < 4.78 is 36.4. The Kier molecular flexibility index (Phi) is 2.98. The van der Waals surface area contributed by atoms with Gasteiger partial charge in [-0.3, -0.25) is 0 Å². The Morgan fingerprint density at radius 1 is 1.36 bits per heavy atom. The summed E-state index contributed by atoms with van der Waals surface area (Å²) in [6.45, 7) is 2.64. The Morgan fingerprint density at radius 3 is 2.36 bits per heavy atom. The van der Waals surface area contributed by atoms with Gasteiger partial charge in [-0.2, -0.15) is 13.2 Å². The molecule has 1 heterocycles. The molecule has 2 nitrogen and oxygen atoms in total. The highest BCUT2D eigenvalue weighted by Gasteiger charge is 2.32. The van der Waals surface area contributed by atoms with Crippen LogP contribution in [0.1, 0.15) is 12.6 Å². The quantitative estimate of drug-likeness (QED) is 0.736. The average molecular weight is 204 g/mol. The lowest BCUT2D eigenvalue weighted by atomic mass is 10.3. The summed E-state index contributed by atoms with van der Waals surface area (Å²) in [6, 6.07) is 2.40. The number of anilines is 1. The molecule has 1 aromatic heterocycles. The second-order valence-electron chi connectivity index (χ2n) is 2.91. The Bertz CT molecular complexity index is 292. The molecule has 78 valence electrons. The maximum Gasteiger partial charge on any atom is 0.433 e. The molecule has 0 N–H and O–H groups in total. The van der Waals surface area contributed by atoms with Crippen molar-refractivity contribution in [2.75, 3.05) is 18.5 Å². The van der Waals surface area contributed by atoms with Gasteiger partial charge in [-0.25, -0.2) is 4.98 Å². The minimum Gasteiger partial charge on any atom is -0.374 e. The van der Waals surface area contributed by atoms with E-state index < -0.39 is 11.9 Å². The van der Waals surface area contributed by atoms with Crippen LogP contribution in [0, 0.1) is 0 Å².